The van der Waals surface area contributed by atoms with Gasteiger partial charge in [0.25, 0.3) is 5.91 Å². The maximum absolute atomic E-state index is 12.9. The largest absolute Gasteiger partial charge is 0.328 e. The van der Waals surface area contributed by atoms with Crippen molar-refractivity contribution in [2.45, 2.75) is 13.3 Å². The fourth-order valence-electron chi connectivity index (χ4n) is 2.70. The Balaban J connectivity index is 1.76. The van der Waals surface area contributed by atoms with Crippen molar-refractivity contribution >= 4 is 51.7 Å². The van der Waals surface area contributed by atoms with Gasteiger partial charge in [-0.1, -0.05) is 42.3 Å². The second kappa shape index (κ2) is 8.99. The predicted octanol–water partition coefficient (Wildman–Crippen LogP) is 4.43. The Bertz CT molecular complexity index is 1030. The smallest absolute Gasteiger partial charge is 0.274 e. The van der Waals surface area contributed by atoms with Crippen molar-refractivity contribution in [3.63, 3.8) is 0 Å². The second-order valence-corrected chi connectivity index (χ2v) is 6.99. The minimum absolute atomic E-state index is 0.135. The molecule has 8 heteroatoms. The third-order valence-corrected chi connectivity index (χ3v) is 4.55. The molecule has 6 nitrogen and oxygen atoms in total. The topological polar surface area (TPSA) is 75.2 Å². The Labute approximate surface area is 172 Å². The van der Waals surface area contributed by atoms with E-state index < -0.39 is 0 Å². The van der Waals surface area contributed by atoms with Gasteiger partial charge in [0.05, 0.1) is 27.9 Å². The Kier molecular flexibility index (Phi) is 6.44. The van der Waals surface area contributed by atoms with Gasteiger partial charge in [-0.3, -0.25) is 14.6 Å². The highest BCUT2D eigenvalue weighted by Crippen LogP contribution is 2.25. The minimum Gasteiger partial charge on any atom is -0.328 e. The van der Waals surface area contributed by atoms with Gasteiger partial charge in [-0.15, -0.1) is 0 Å². The number of amides is 2. The lowest BCUT2D eigenvalue weighted by atomic mass is 10.2. The van der Waals surface area contributed by atoms with E-state index in [1.807, 2.05) is 25.1 Å². The van der Waals surface area contributed by atoms with Crippen LogP contribution in [0.15, 0.2) is 48.7 Å². The maximum atomic E-state index is 12.9. The number of benzene rings is 2. The summed E-state index contributed by atoms with van der Waals surface area (Å²) in [6, 6.07) is 12.1. The van der Waals surface area contributed by atoms with E-state index in [2.05, 4.69) is 15.3 Å². The number of carbonyl (C=O) groups excluding carboxylic acids is 2. The van der Waals surface area contributed by atoms with E-state index in [1.54, 1.807) is 24.3 Å². The number of anilines is 1. The molecule has 144 valence electrons. The summed E-state index contributed by atoms with van der Waals surface area (Å²) in [5.74, 6) is -0.729. The Hall–Kier alpha value is -2.70. The molecule has 2 amide bonds. The molecule has 0 unspecified atom stereocenters. The van der Waals surface area contributed by atoms with Crippen molar-refractivity contribution in [1.29, 1.82) is 0 Å². The summed E-state index contributed by atoms with van der Waals surface area (Å²) in [7, 11) is 0. The number of aromatic nitrogens is 2. The number of para-hydroxylation sites is 2. The molecule has 0 spiro atoms. The maximum Gasteiger partial charge on any atom is 0.274 e. The standard InChI is InChI=1S/C20H18Cl2N4O2/c1-2-9-26(12-19(27)25-17-10-13(21)7-8-14(17)22)20(28)18-11-23-15-5-3-4-6-16(15)24-18/h3-8,10-11H,2,9,12H2,1H3,(H,25,27). The number of hydrogen-bond donors (Lipinski definition) is 1. The highest BCUT2D eigenvalue weighted by atomic mass is 35.5. The van der Waals surface area contributed by atoms with Crippen LogP contribution in [0, 0.1) is 0 Å². The number of hydrogen-bond acceptors (Lipinski definition) is 4. The van der Waals surface area contributed by atoms with Crippen LogP contribution >= 0.6 is 23.2 Å². The first-order valence-corrected chi connectivity index (χ1v) is 9.49. The highest BCUT2D eigenvalue weighted by Gasteiger charge is 2.20. The quantitative estimate of drug-likeness (QED) is 0.644. The van der Waals surface area contributed by atoms with Gasteiger partial charge in [0.15, 0.2) is 0 Å². The molecule has 3 aromatic rings. The third-order valence-electron chi connectivity index (χ3n) is 3.99. The molecule has 0 radical (unpaired) electrons. The summed E-state index contributed by atoms with van der Waals surface area (Å²) >= 11 is 12.0. The molecule has 0 aliphatic rings. The van der Waals surface area contributed by atoms with E-state index in [0.29, 0.717) is 39.7 Å². The van der Waals surface area contributed by atoms with Gasteiger partial charge < -0.3 is 10.2 Å². The molecular formula is C20H18Cl2N4O2. The van der Waals surface area contributed by atoms with Gasteiger partial charge in [-0.25, -0.2) is 4.98 Å². The number of rotatable bonds is 6. The number of halogens is 2. The summed E-state index contributed by atoms with van der Waals surface area (Å²) in [6.07, 6.45) is 2.12. The summed E-state index contributed by atoms with van der Waals surface area (Å²) in [5, 5.41) is 3.51. The van der Waals surface area contributed by atoms with Crippen molar-refractivity contribution < 1.29 is 9.59 Å². The normalized spacial score (nSPS) is 10.7. The summed E-state index contributed by atoms with van der Waals surface area (Å²) in [5.41, 5.74) is 1.92. The summed E-state index contributed by atoms with van der Waals surface area (Å²) in [6.45, 7) is 2.20. The molecule has 0 aliphatic heterocycles. The first-order valence-electron chi connectivity index (χ1n) is 8.74. The van der Waals surface area contributed by atoms with E-state index >= 15 is 0 Å². The Morgan fingerprint density at radius 2 is 1.86 bits per heavy atom. The monoisotopic (exact) mass is 416 g/mol. The summed E-state index contributed by atoms with van der Waals surface area (Å²) in [4.78, 5) is 35.4. The lowest BCUT2D eigenvalue weighted by Crippen LogP contribution is -2.39. The minimum atomic E-state index is -0.375. The second-order valence-electron chi connectivity index (χ2n) is 6.14. The van der Waals surface area contributed by atoms with Gasteiger partial charge in [0, 0.05) is 11.6 Å². The SMILES string of the molecule is CCCN(CC(=O)Nc1cc(Cl)ccc1Cl)C(=O)c1cnc2ccccc2n1. The molecule has 0 saturated carbocycles. The van der Waals surface area contributed by atoms with E-state index in [1.165, 1.54) is 11.1 Å². The average molecular weight is 417 g/mol. The van der Waals surface area contributed by atoms with Gasteiger partial charge >= 0.3 is 0 Å². The molecule has 28 heavy (non-hydrogen) atoms. The van der Waals surface area contributed by atoms with Crippen LogP contribution in [0.5, 0.6) is 0 Å². The molecular weight excluding hydrogens is 399 g/mol. The van der Waals surface area contributed by atoms with Crippen molar-refractivity contribution in [3.8, 4) is 0 Å². The van der Waals surface area contributed by atoms with Crippen LogP contribution in [-0.2, 0) is 4.79 Å². The van der Waals surface area contributed by atoms with Crippen molar-refractivity contribution in [2.75, 3.05) is 18.4 Å². The van der Waals surface area contributed by atoms with Crippen LogP contribution in [0.2, 0.25) is 10.0 Å². The molecule has 0 fully saturated rings. The fourth-order valence-corrected chi connectivity index (χ4v) is 3.04. The predicted molar refractivity (Wildman–Crippen MR) is 111 cm³/mol. The van der Waals surface area contributed by atoms with Gasteiger partial charge in [0.2, 0.25) is 5.91 Å². The van der Waals surface area contributed by atoms with Crippen LogP contribution in [-0.4, -0.2) is 39.8 Å². The molecule has 1 aromatic heterocycles. The van der Waals surface area contributed by atoms with Crippen LogP contribution in [0.3, 0.4) is 0 Å². The zero-order valence-electron chi connectivity index (χ0n) is 15.2. The van der Waals surface area contributed by atoms with Gasteiger partial charge in [-0.05, 0) is 36.8 Å². The van der Waals surface area contributed by atoms with E-state index in [9.17, 15) is 9.59 Å². The Morgan fingerprint density at radius 1 is 1.11 bits per heavy atom. The number of nitrogens with one attached hydrogen (secondary N) is 1. The third kappa shape index (κ3) is 4.77. The fraction of sp³-hybridized carbons (Fsp3) is 0.200. The molecule has 0 bridgehead atoms. The molecule has 0 aliphatic carbocycles. The van der Waals surface area contributed by atoms with Crippen LogP contribution in [0.25, 0.3) is 11.0 Å². The average Bonchev–Trinajstić information content (AvgIpc) is 2.69. The zero-order valence-corrected chi connectivity index (χ0v) is 16.7. The Morgan fingerprint density at radius 3 is 2.61 bits per heavy atom. The van der Waals surface area contributed by atoms with E-state index in [0.717, 1.165) is 0 Å². The van der Waals surface area contributed by atoms with Crippen molar-refractivity contribution in [1.82, 2.24) is 14.9 Å². The molecule has 2 aromatic carbocycles. The van der Waals surface area contributed by atoms with Gasteiger partial charge in [0.1, 0.15) is 12.2 Å². The lowest BCUT2D eigenvalue weighted by Gasteiger charge is -2.21. The molecule has 0 atom stereocenters. The molecule has 3 rings (SSSR count). The van der Waals surface area contributed by atoms with Crippen molar-refractivity contribution in [3.05, 3.63) is 64.4 Å². The molecule has 1 heterocycles. The summed E-state index contributed by atoms with van der Waals surface area (Å²) < 4.78 is 0. The van der Waals surface area contributed by atoms with Crippen molar-refractivity contribution in [2.24, 2.45) is 0 Å². The van der Waals surface area contributed by atoms with E-state index in [-0.39, 0.29) is 24.1 Å². The van der Waals surface area contributed by atoms with Crippen LogP contribution in [0.4, 0.5) is 5.69 Å². The molecule has 1 N–H and O–H groups in total. The molecule has 0 saturated heterocycles. The number of nitrogens with zero attached hydrogens (tertiary/aromatic N) is 3. The lowest BCUT2D eigenvalue weighted by molar-refractivity contribution is -0.116. The number of carbonyl (C=O) groups is 2. The first kappa shape index (κ1) is 20.0. The highest BCUT2D eigenvalue weighted by molar-refractivity contribution is 6.35. The van der Waals surface area contributed by atoms with Crippen LogP contribution < -0.4 is 5.32 Å². The zero-order chi connectivity index (χ0) is 20.1. The first-order chi connectivity index (χ1) is 13.5. The van der Waals surface area contributed by atoms with Gasteiger partial charge in [-0.2, -0.15) is 0 Å². The van der Waals surface area contributed by atoms with Crippen LogP contribution in [0.1, 0.15) is 23.8 Å². The van der Waals surface area contributed by atoms with E-state index in [4.69, 9.17) is 23.2 Å². The number of fused-ring (bicyclic) bond motifs is 1.